The molecule has 0 heterocycles. The summed E-state index contributed by atoms with van der Waals surface area (Å²) in [4.78, 5) is 0. The Morgan fingerprint density at radius 2 is 1.31 bits per heavy atom. The van der Waals surface area contributed by atoms with E-state index in [1.807, 2.05) is 0 Å². The molecule has 128 valence electrons. The first kappa shape index (κ1) is 14.8. The Kier molecular flexibility index (Phi) is 2.90. The molecule has 0 spiro atoms. The molecule has 0 aromatic heterocycles. The highest BCUT2D eigenvalue weighted by Crippen LogP contribution is 2.74. The maximum absolute atomic E-state index is 2.43. The van der Waals surface area contributed by atoms with Gasteiger partial charge in [-0.15, -0.1) is 0 Å². The molecule has 3 aliphatic rings. The van der Waals surface area contributed by atoms with E-state index in [1.54, 1.807) is 27.8 Å². The van der Waals surface area contributed by atoms with E-state index in [9.17, 15) is 0 Å². The second kappa shape index (κ2) is 5.10. The highest BCUT2D eigenvalue weighted by molar-refractivity contribution is 5.57. The fourth-order valence-corrected chi connectivity index (χ4v) is 6.60. The molecule has 0 saturated heterocycles. The van der Waals surface area contributed by atoms with Gasteiger partial charge in [0.2, 0.25) is 0 Å². The van der Waals surface area contributed by atoms with Crippen LogP contribution in [0, 0.1) is 18.8 Å². The minimum Gasteiger partial charge on any atom is -0.0620 e. The molecule has 1 saturated carbocycles. The first-order valence-electron chi connectivity index (χ1n) is 10.0. The third-order valence-electron chi connectivity index (χ3n) is 7.59. The van der Waals surface area contributed by atoms with Crippen LogP contribution >= 0.6 is 0 Å². The van der Waals surface area contributed by atoms with Crippen LogP contribution < -0.4 is 0 Å². The van der Waals surface area contributed by atoms with Crippen LogP contribution in [0.25, 0.3) is 0 Å². The molecule has 0 bridgehead atoms. The molecule has 0 amide bonds. The van der Waals surface area contributed by atoms with Crippen molar-refractivity contribution < 1.29 is 0 Å². The topological polar surface area (TPSA) is 0 Å². The minimum atomic E-state index is 0.346. The van der Waals surface area contributed by atoms with Crippen molar-refractivity contribution in [2.24, 2.45) is 11.8 Å². The van der Waals surface area contributed by atoms with Crippen molar-refractivity contribution in [1.29, 1.82) is 0 Å². The van der Waals surface area contributed by atoms with Gasteiger partial charge in [-0.3, -0.25) is 0 Å². The van der Waals surface area contributed by atoms with Crippen LogP contribution in [0.3, 0.4) is 0 Å². The molecule has 0 aliphatic heterocycles. The summed E-state index contributed by atoms with van der Waals surface area (Å²) in [5.74, 6) is 2.17. The number of hydrogen-bond donors (Lipinski definition) is 0. The minimum absolute atomic E-state index is 0.346. The third kappa shape index (κ3) is 1.75. The number of fused-ring (bicyclic) bond motifs is 4. The molecule has 0 N–H and O–H groups in total. The summed E-state index contributed by atoms with van der Waals surface area (Å²) < 4.78 is 0. The maximum Gasteiger partial charge on any atom is 0.00995 e. The molecule has 0 radical (unpaired) electrons. The molecule has 4 atom stereocenters. The van der Waals surface area contributed by atoms with Gasteiger partial charge in [-0.2, -0.15) is 0 Å². The van der Waals surface area contributed by atoms with Crippen LogP contribution in [-0.2, 0) is 24.7 Å². The second-order valence-electron chi connectivity index (χ2n) is 8.61. The van der Waals surface area contributed by atoms with E-state index in [-0.39, 0.29) is 0 Å². The summed E-state index contributed by atoms with van der Waals surface area (Å²) in [6.45, 7) is 2.32. The molecule has 6 rings (SSSR count). The smallest absolute Gasteiger partial charge is 0.00995 e. The lowest BCUT2D eigenvalue weighted by atomic mass is 9.68. The Morgan fingerprint density at radius 1 is 0.692 bits per heavy atom. The van der Waals surface area contributed by atoms with Gasteiger partial charge in [0, 0.05) is 5.41 Å². The fourth-order valence-electron chi connectivity index (χ4n) is 6.60. The Balaban J connectivity index is 1.60. The van der Waals surface area contributed by atoms with E-state index in [2.05, 4.69) is 79.7 Å². The average molecular weight is 336 g/mol. The summed E-state index contributed by atoms with van der Waals surface area (Å²) in [6.07, 6.45) is 3.69. The van der Waals surface area contributed by atoms with E-state index in [4.69, 9.17) is 0 Å². The van der Waals surface area contributed by atoms with E-state index < -0.39 is 0 Å². The molecular formula is C26H24. The zero-order chi connectivity index (χ0) is 17.3. The number of aryl methyl sites for hydroxylation is 1. The SMILES string of the molecule is Cc1ccccc1[C@@]12C3Cc4ccccc4C[C@@H]1Cc1ccccc1C32. The molecule has 3 aliphatic carbocycles. The Bertz CT molecular complexity index is 999. The van der Waals surface area contributed by atoms with Gasteiger partial charge in [0.1, 0.15) is 0 Å². The summed E-state index contributed by atoms with van der Waals surface area (Å²) >= 11 is 0. The van der Waals surface area contributed by atoms with Crippen LogP contribution in [0.5, 0.6) is 0 Å². The van der Waals surface area contributed by atoms with Gasteiger partial charge in [-0.25, -0.2) is 0 Å². The lowest BCUT2D eigenvalue weighted by molar-refractivity contribution is 0.359. The van der Waals surface area contributed by atoms with Gasteiger partial charge in [0.15, 0.2) is 0 Å². The molecule has 0 heteroatoms. The van der Waals surface area contributed by atoms with Crippen molar-refractivity contribution in [1.82, 2.24) is 0 Å². The van der Waals surface area contributed by atoms with Crippen LogP contribution in [0.15, 0.2) is 72.8 Å². The number of rotatable bonds is 1. The van der Waals surface area contributed by atoms with Gasteiger partial charge in [0.25, 0.3) is 0 Å². The molecular weight excluding hydrogens is 312 g/mol. The van der Waals surface area contributed by atoms with Crippen LogP contribution in [0.4, 0.5) is 0 Å². The van der Waals surface area contributed by atoms with Crippen molar-refractivity contribution >= 4 is 0 Å². The normalized spacial score (nSPS) is 30.6. The fraction of sp³-hybridized carbons (Fsp3) is 0.308. The van der Waals surface area contributed by atoms with Crippen molar-refractivity contribution in [3.63, 3.8) is 0 Å². The molecule has 3 aromatic carbocycles. The van der Waals surface area contributed by atoms with E-state index in [1.165, 1.54) is 24.8 Å². The van der Waals surface area contributed by atoms with E-state index in [0.29, 0.717) is 11.3 Å². The zero-order valence-electron chi connectivity index (χ0n) is 15.3. The first-order chi connectivity index (χ1) is 12.8. The Labute approximate surface area is 155 Å². The molecule has 0 nitrogen and oxygen atoms in total. The lowest BCUT2D eigenvalue weighted by Gasteiger charge is -2.35. The molecule has 2 unspecified atom stereocenters. The van der Waals surface area contributed by atoms with Gasteiger partial charge in [-0.1, -0.05) is 72.8 Å². The van der Waals surface area contributed by atoms with Crippen molar-refractivity contribution in [2.45, 2.75) is 37.5 Å². The third-order valence-corrected chi connectivity index (χ3v) is 7.59. The number of benzene rings is 3. The van der Waals surface area contributed by atoms with E-state index in [0.717, 1.165) is 11.8 Å². The van der Waals surface area contributed by atoms with Crippen molar-refractivity contribution in [3.05, 3.63) is 106 Å². The summed E-state index contributed by atoms with van der Waals surface area (Å²) in [5.41, 5.74) is 9.89. The van der Waals surface area contributed by atoms with Crippen molar-refractivity contribution in [2.75, 3.05) is 0 Å². The van der Waals surface area contributed by atoms with Crippen LogP contribution in [0.1, 0.15) is 39.3 Å². The molecule has 26 heavy (non-hydrogen) atoms. The van der Waals surface area contributed by atoms with Gasteiger partial charge in [-0.05, 0) is 77.3 Å². The maximum atomic E-state index is 2.43. The van der Waals surface area contributed by atoms with Gasteiger partial charge >= 0.3 is 0 Å². The van der Waals surface area contributed by atoms with Crippen LogP contribution in [-0.4, -0.2) is 0 Å². The average Bonchev–Trinajstić information content (AvgIpc) is 3.36. The predicted molar refractivity (Wildman–Crippen MR) is 107 cm³/mol. The highest BCUT2D eigenvalue weighted by Gasteiger charge is 2.71. The van der Waals surface area contributed by atoms with Gasteiger partial charge in [0.05, 0.1) is 0 Å². The van der Waals surface area contributed by atoms with Crippen LogP contribution in [0.2, 0.25) is 0 Å². The zero-order valence-corrected chi connectivity index (χ0v) is 15.3. The summed E-state index contributed by atoms with van der Waals surface area (Å²) in [6, 6.07) is 27.7. The first-order valence-corrected chi connectivity index (χ1v) is 10.0. The summed E-state index contributed by atoms with van der Waals surface area (Å²) in [7, 11) is 0. The quantitative estimate of drug-likeness (QED) is 0.541. The van der Waals surface area contributed by atoms with Gasteiger partial charge < -0.3 is 0 Å². The summed E-state index contributed by atoms with van der Waals surface area (Å²) in [5, 5.41) is 0. The predicted octanol–water partition coefficient (Wildman–Crippen LogP) is 5.62. The molecule has 1 fully saturated rings. The number of hydrogen-bond acceptors (Lipinski definition) is 0. The second-order valence-corrected chi connectivity index (χ2v) is 8.61. The Morgan fingerprint density at radius 3 is 2.12 bits per heavy atom. The Hall–Kier alpha value is -2.34. The standard InChI is InChI=1S/C26H24/c1-17-8-2-7-13-23(17)26-21-14-18-9-3-4-10-19(18)16-24(26)25(26)22-12-6-5-11-20(22)15-21/h2-13,21,24-25H,14-16H2,1H3/t21-,24?,25?,26-/m1/s1. The molecule has 3 aromatic rings. The van der Waals surface area contributed by atoms with E-state index >= 15 is 0 Å². The highest BCUT2D eigenvalue weighted by atomic mass is 14.7. The monoisotopic (exact) mass is 336 g/mol. The lowest BCUT2D eigenvalue weighted by Crippen LogP contribution is -2.31. The van der Waals surface area contributed by atoms with Crippen molar-refractivity contribution in [3.8, 4) is 0 Å². The largest absolute Gasteiger partial charge is 0.0620 e.